The number of piperazine rings is 1. The van der Waals surface area contributed by atoms with Crippen molar-refractivity contribution in [3.63, 3.8) is 0 Å². The molecule has 5 amide bonds. The van der Waals surface area contributed by atoms with Gasteiger partial charge < -0.3 is 19.4 Å². The lowest BCUT2D eigenvalue weighted by Gasteiger charge is -2.65. The Hall–Kier alpha value is -5.52. The molecule has 0 aromatic heterocycles. The summed E-state index contributed by atoms with van der Waals surface area (Å²) in [6.07, 6.45) is 0.591. The number of nitrogens with zero attached hydrogens (tertiary/aromatic N) is 6. The van der Waals surface area contributed by atoms with Gasteiger partial charge in [0.05, 0.1) is 21.7 Å². The lowest BCUT2D eigenvalue weighted by Crippen LogP contribution is -2.74. The smallest absolute Gasteiger partial charge is 0.262 e. The number of halogens is 2. The van der Waals surface area contributed by atoms with Crippen LogP contribution in [0.5, 0.6) is 5.75 Å². The molecule has 1 unspecified atom stereocenters. The first kappa shape index (κ1) is 40.9. The highest BCUT2D eigenvalue weighted by Gasteiger charge is 2.67. The van der Waals surface area contributed by atoms with E-state index in [-0.39, 0.29) is 52.9 Å². The van der Waals surface area contributed by atoms with Crippen molar-refractivity contribution >= 4 is 52.5 Å². The van der Waals surface area contributed by atoms with E-state index in [1.807, 2.05) is 21.9 Å². The molecule has 1 atom stereocenters. The summed E-state index contributed by atoms with van der Waals surface area (Å²) in [6.45, 7) is 13.2. The van der Waals surface area contributed by atoms with Crippen LogP contribution in [0, 0.1) is 22.2 Å². The Labute approximate surface area is 359 Å². The monoisotopic (exact) mass is 849 g/mol. The molecule has 0 bridgehead atoms. The molecule has 15 heteroatoms. The number of imide groups is 2. The number of ether oxygens (including phenoxy) is 1. The van der Waals surface area contributed by atoms with Crippen LogP contribution in [0.4, 0.5) is 15.8 Å². The summed E-state index contributed by atoms with van der Waals surface area (Å²) < 4.78 is 22.9. The van der Waals surface area contributed by atoms with Gasteiger partial charge in [0.2, 0.25) is 11.8 Å². The zero-order valence-corrected chi connectivity index (χ0v) is 35.6. The highest BCUT2D eigenvalue weighted by molar-refractivity contribution is 6.31. The molecule has 61 heavy (non-hydrogen) atoms. The number of alkyl halides is 1. The van der Waals surface area contributed by atoms with E-state index in [1.54, 1.807) is 36.4 Å². The third-order valence-electron chi connectivity index (χ3n) is 14.0. The number of hydrogen-bond acceptors (Lipinski definition) is 10. The molecule has 0 spiro atoms. The Morgan fingerprint density at radius 1 is 0.803 bits per heavy atom. The van der Waals surface area contributed by atoms with Crippen LogP contribution in [-0.2, 0) is 16.1 Å². The number of benzene rings is 3. The van der Waals surface area contributed by atoms with Crippen molar-refractivity contribution in [1.82, 2.24) is 20.0 Å². The van der Waals surface area contributed by atoms with E-state index in [4.69, 9.17) is 16.3 Å². The van der Waals surface area contributed by atoms with Gasteiger partial charge in [0.1, 0.15) is 29.6 Å². The van der Waals surface area contributed by atoms with Gasteiger partial charge >= 0.3 is 0 Å². The van der Waals surface area contributed by atoms with Crippen LogP contribution in [0.2, 0.25) is 5.02 Å². The molecule has 0 radical (unpaired) electrons. The third kappa shape index (κ3) is 6.90. The van der Waals surface area contributed by atoms with Crippen molar-refractivity contribution in [1.29, 1.82) is 5.26 Å². The molecule has 1 aliphatic carbocycles. The molecule has 3 aromatic rings. The van der Waals surface area contributed by atoms with Gasteiger partial charge in [-0.05, 0) is 60.5 Å². The number of nitrogens with one attached hydrogen (secondary N) is 1. The fraction of sp³-hybridized carbons (Fsp3) is 0.478. The minimum absolute atomic E-state index is 0.0212. The molecule has 3 saturated heterocycles. The lowest BCUT2D eigenvalue weighted by molar-refractivity contribution is -0.199. The van der Waals surface area contributed by atoms with E-state index in [9.17, 15) is 29.2 Å². The highest BCUT2D eigenvalue weighted by Crippen LogP contribution is 2.59. The van der Waals surface area contributed by atoms with Gasteiger partial charge in [-0.2, -0.15) is 5.26 Å². The summed E-state index contributed by atoms with van der Waals surface area (Å²) >= 11 is 6.30. The van der Waals surface area contributed by atoms with E-state index >= 15 is 4.39 Å². The largest absolute Gasteiger partial charge is 0.489 e. The number of hydrogen-bond donors (Lipinski definition) is 1. The van der Waals surface area contributed by atoms with Gasteiger partial charge in [-0.1, -0.05) is 39.3 Å². The Kier molecular flexibility index (Phi) is 9.94. The Morgan fingerprint density at radius 3 is 2.10 bits per heavy atom. The Balaban J connectivity index is 0.780. The number of carbonyl (C=O) groups excluding carboxylic acids is 5. The van der Waals surface area contributed by atoms with Crippen LogP contribution in [0.25, 0.3) is 0 Å². The number of fused-ring (bicyclic) bond motifs is 2. The zero-order valence-electron chi connectivity index (χ0n) is 34.8. The van der Waals surface area contributed by atoms with Crippen LogP contribution in [0.15, 0.2) is 54.6 Å². The van der Waals surface area contributed by atoms with Crippen LogP contribution in [0.1, 0.15) is 95.6 Å². The van der Waals surface area contributed by atoms with Crippen molar-refractivity contribution in [2.45, 2.75) is 83.8 Å². The van der Waals surface area contributed by atoms with Gasteiger partial charge in [-0.15, -0.1) is 0 Å². The number of nitriles is 1. The van der Waals surface area contributed by atoms with Crippen molar-refractivity contribution in [3.05, 3.63) is 87.4 Å². The maximum absolute atomic E-state index is 16.4. The average Bonchev–Trinajstić information content (AvgIpc) is 3.67. The maximum Gasteiger partial charge on any atom is 0.262 e. The van der Waals surface area contributed by atoms with E-state index in [2.05, 4.69) is 54.9 Å². The average molecular weight is 850 g/mol. The van der Waals surface area contributed by atoms with E-state index in [1.165, 1.54) is 0 Å². The molecule has 6 aliphatic rings. The molecule has 13 nitrogen and oxygen atoms in total. The van der Waals surface area contributed by atoms with Gasteiger partial charge in [0, 0.05) is 111 Å². The van der Waals surface area contributed by atoms with Gasteiger partial charge in [0.15, 0.2) is 0 Å². The van der Waals surface area contributed by atoms with E-state index in [0.717, 1.165) is 40.5 Å². The molecular weight excluding hydrogens is 801 g/mol. The second-order valence-electron chi connectivity index (χ2n) is 18.6. The summed E-state index contributed by atoms with van der Waals surface area (Å²) in [5.74, 6) is -1.56. The van der Waals surface area contributed by atoms with Crippen LogP contribution >= 0.6 is 11.6 Å². The fourth-order valence-corrected chi connectivity index (χ4v) is 11.5. The molecule has 9 rings (SSSR count). The summed E-state index contributed by atoms with van der Waals surface area (Å²) in [5, 5.41) is 11.8. The van der Waals surface area contributed by atoms with Crippen molar-refractivity contribution in [2.75, 3.05) is 55.6 Å². The highest BCUT2D eigenvalue weighted by atomic mass is 35.5. The molecule has 5 aliphatic heterocycles. The first-order valence-corrected chi connectivity index (χ1v) is 21.4. The SMILES string of the molecule is CC1(C)C(Oc2ccc(C#N)c(Cl)c2)C(C)(C)C1N1Cc2cc(N3CCN(CC4(F)CCN(c5ccc6c(c5)C(=O)N(C5CCC(=O)NC5=O)C6=O)CC4)CC3)ccc2C1=O. The number of anilines is 2. The fourth-order valence-electron chi connectivity index (χ4n) is 11.3. The molecule has 3 aromatic carbocycles. The molecule has 1 saturated carbocycles. The van der Waals surface area contributed by atoms with Crippen LogP contribution in [0.3, 0.4) is 0 Å². The van der Waals surface area contributed by atoms with Crippen LogP contribution in [-0.4, -0.2) is 114 Å². The quantitative estimate of drug-likeness (QED) is 0.285. The van der Waals surface area contributed by atoms with Crippen molar-refractivity contribution < 1.29 is 33.1 Å². The zero-order chi connectivity index (χ0) is 43.2. The second kappa shape index (κ2) is 14.8. The lowest BCUT2D eigenvalue weighted by atomic mass is 9.49. The number of piperidine rings is 2. The first-order chi connectivity index (χ1) is 29.0. The third-order valence-corrected chi connectivity index (χ3v) is 14.3. The maximum atomic E-state index is 16.4. The summed E-state index contributed by atoms with van der Waals surface area (Å²) in [4.78, 5) is 74.0. The minimum atomic E-state index is -1.37. The van der Waals surface area contributed by atoms with Gasteiger partial charge in [-0.25, -0.2) is 4.39 Å². The predicted octanol–water partition coefficient (Wildman–Crippen LogP) is 5.58. The van der Waals surface area contributed by atoms with Gasteiger partial charge in [-0.3, -0.25) is 39.1 Å². The topological polar surface area (TPSA) is 147 Å². The Bertz CT molecular complexity index is 2400. The summed E-state index contributed by atoms with van der Waals surface area (Å²) in [7, 11) is 0. The second-order valence-corrected chi connectivity index (χ2v) is 19.1. The number of rotatable bonds is 8. The first-order valence-electron chi connectivity index (χ1n) is 21.1. The minimum Gasteiger partial charge on any atom is -0.489 e. The number of carbonyl (C=O) groups is 5. The molecular formula is C46H49ClFN7O6. The number of amides is 5. The van der Waals surface area contributed by atoms with E-state index in [0.29, 0.717) is 68.4 Å². The molecule has 4 fully saturated rings. The summed E-state index contributed by atoms with van der Waals surface area (Å²) in [5.41, 5.74) is 2.23. The normalized spacial score (nSPS) is 25.5. The standard InChI is InChI=1S/C46H49ClFN7O6/c1-44(2)42(45(3,4)43(44)61-31-8-5-27(24-49)35(47)23-31)54-25-28-21-29(6-9-32(28)39(54)58)53-19-17-51(18-20-53)26-46(48)13-15-52(16-14-46)30-7-10-33-34(22-30)41(60)55(40(33)59)36-11-12-37(56)50-38(36)57/h5-10,21-23,36,42-43H,11-20,25-26H2,1-4H3,(H,50,56,57). The molecule has 318 valence electrons. The van der Waals surface area contributed by atoms with E-state index < -0.39 is 35.3 Å². The Morgan fingerprint density at radius 2 is 1.44 bits per heavy atom. The van der Waals surface area contributed by atoms with Gasteiger partial charge in [0.25, 0.3) is 17.7 Å². The molecule has 5 heterocycles. The summed E-state index contributed by atoms with van der Waals surface area (Å²) in [6, 6.07) is 17.2. The predicted molar refractivity (Wildman–Crippen MR) is 225 cm³/mol. The van der Waals surface area contributed by atoms with Crippen molar-refractivity contribution in [3.8, 4) is 11.8 Å². The molecule has 1 N–H and O–H groups in total. The van der Waals surface area contributed by atoms with Crippen molar-refractivity contribution in [2.24, 2.45) is 10.8 Å². The van der Waals surface area contributed by atoms with Crippen LogP contribution < -0.4 is 19.9 Å².